The zero-order valence-corrected chi connectivity index (χ0v) is 17.8. The van der Waals surface area contributed by atoms with Gasteiger partial charge in [-0.1, -0.05) is 18.2 Å². The van der Waals surface area contributed by atoms with Crippen LogP contribution >= 0.6 is 15.9 Å². The molecule has 0 N–H and O–H groups in total. The molecule has 0 bridgehead atoms. The highest BCUT2D eigenvalue weighted by atomic mass is 79.9. The Morgan fingerprint density at radius 2 is 1.93 bits per heavy atom. The lowest BCUT2D eigenvalue weighted by molar-refractivity contribution is 0.0996. The summed E-state index contributed by atoms with van der Waals surface area (Å²) in [7, 11) is 0. The minimum atomic E-state index is -0.495. The third kappa shape index (κ3) is 3.23. The molecule has 4 aromatic rings. The van der Waals surface area contributed by atoms with Gasteiger partial charge in [0, 0.05) is 16.7 Å². The molecular formula is C22H16BrN5O2. The van der Waals surface area contributed by atoms with E-state index < -0.39 is 5.91 Å². The van der Waals surface area contributed by atoms with Gasteiger partial charge in [-0.05, 0) is 60.1 Å². The second kappa shape index (κ2) is 7.69. The van der Waals surface area contributed by atoms with Crippen LogP contribution in [-0.2, 0) is 0 Å². The molecule has 0 saturated heterocycles. The monoisotopic (exact) mass is 461 g/mol. The molecule has 0 radical (unpaired) electrons. The number of pyridine rings is 2. The van der Waals surface area contributed by atoms with Gasteiger partial charge in [-0.25, -0.2) is 4.98 Å². The Morgan fingerprint density at radius 3 is 2.63 bits per heavy atom. The molecule has 0 atom stereocenters. The second-order valence-corrected chi connectivity index (χ2v) is 7.79. The Balaban J connectivity index is 2.14. The summed E-state index contributed by atoms with van der Waals surface area (Å²) in [4.78, 5) is 34.8. The van der Waals surface area contributed by atoms with Gasteiger partial charge in [0.2, 0.25) is 0 Å². The number of aromatic nitrogens is 3. The SMILES string of the molecule is CC(C)n1c(=NC(=O)c2ccccc2Br)c(C#N)cc2c(=O)n3ccccc3nc21. The smallest absolute Gasteiger partial charge is 0.280 e. The first-order valence-electron chi connectivity index (χ1n) is 9.22. The number of carbonyl (C=O) groups is 1. The predicted octanol–water partition coefficient (Wildman–Crippen LogP) is 3.61. The molecule has 3 aromatic heterocycles. The minimum Gasteiger partial charge on any atom is -0.306 e. The van der Waals surface area contributed by atoms with Crippen molar-refractivity contribution >= 4 is 38.5 Å². The number of fused-ring (bicyclic) bond motifs is 2. The lowest BCUT2D eigenvalue weighted by atomic mass is 10.2. The van der Waals surface area contributed by atoms with E-state index in [4.69, 9.17) is 0 Å². The van der Waals surface area contributed by atoms with Gasteiger partial charge < -0.3 is 4.57 Å². The summed E-state index contributed by atoms with van der Waals surface area (Å²) in [6.07, 6.45) is 1.63. The first-order valence-corrected chi connectivity index (χ1v) is 10.0. The molecule has 4 rings (SSSR count). The second-order valence-electron chi connectivity index (χ2n) is 6.94. The van der Waals surface area contributed by atoms with Gasteiger partial charge >= 0.3 is 0 Å². The molecule has 3 heterocycles. The standard InChI is InChI=1S/C22H16BrN5O2/c1-13(2)28-19(26-21(29)15-7-3-4-8-17(15)23)14(12-24)11-16-20(28)25-18-9-5-6-10-27(18)22(16)30/h3-11,13H,1-2H3. The summed E-state index contributed by atoms with van der Waals surface area (Å²) < 4.78 is 3.70. The van der Waals surface area contributed by atoms with Crippen LogP contribution in [0.4, 0.5) is 0 Å². The predicted molar refractivity (Wildman–Crippen MR) is 116 cm³/mol. The molecule has 7 nitrogen and oxygen atoms in total. The first-order chi connectivity index (χ1) is 14.4. The number of nitrogens with zero attached hydrogens (tertiary/aromatic N) is 5. The fourth-order valence-corrected chi connectivity index (χ4v) is 3.77. The molecule has 148 valence electrons. The van der Waals surface area contributed by atoms with E-state index >= 15 is 0 Å². The Kier molecular flexibility index (Phi) is 5.06. The van der Waals surface area contributed by atoms with Crippen molar-refractivity contribution in [1.82, 2.24) is 14.0 Å². The number of hydrogen-bond acceptors (Lipinski definition) is 4. The maximum atomic E-state index is 13.0. The van der Waals surface area contributed by atoms with Crippen LogP contribution in [-0.4, -0.2) is 19.9 Å². The van der Waals surface area contributed by atoms with E-state index in [9.17, 15) is 14.9 Å². The summed E-state index contributed by atoms with van der Waals surface area (Å²) in [5.41, 5.74) is 1.24. The summed E-state index contributed by atoms with van der Waals surface area (Å²) in [6, 6.07) is 15.5. The Morgan fingerprint density at radius 1 is 1.20 bits per heavy atom. The average Bonchev–Trinajstić information content (AvgIpc) is 2.73. The van der Waals surface area contributed by atoms with E-state index in [0.717, 1.165) is 0 Å². The Labute approximate surface area is 179 Å². The molecule has 0 saturated carbocycles. The van der Waals surface area contributed by atoms with Crippen LogP contribution in [0.3, 0.4) is 0 Å². The summed E-state index contributed by atoms with van der Waals surface area (Å²) in [6.45, 7) is 3.77. The normalized spacial score (nSPS) is 11.9. The topological polar surface area (TPSA) is 92.5 Å². The van der Waals surface area contributed by atoms with E-state index in [2.05, 4.69) is 32.0 Å². The largest absolute Gasteiger partial charge is 0.306 e. The van der Waals surface area contributed by atoms with Crippen molar-refractivity contribution in [3.05, 3.63) is 86.2 Å². The fourth-order valence-electron chi connectivity index (χ4n) is 3.32. The van der Waals surface area contributed by atoms with Crippen molar-refractivity contribution in [3.63, 3.8) is 0 Å². The molecule has 0 aliphatic carbocycles. The number of amides is 1. The number of rotatable bonds is 2. The Hall–Kier alpha value is -3.57. The maximum absolute atomic E-state index is 13.0. The van der Waals surface area contributed by atoms with Gasteiger partial charge in [0.25, 0.3) is 11.5 Å². The molecule has 0 unspecified atom stereocenters. The van der Waals surface area contributed by atoms with Gasteiger partial charge in [0.1, 0.15) is 17.4 Å². The van der Waals surface area contributed by atoms with E-state index in [1.807, 2.05) is 13.8 Å². The lowest BCUT2D eigenvalue weighted by Crippen LogP contribution is -2.30. The molecule has 0 fully saturated rings. The molecular weight excluding hydrogens is 446 g/mol. The molecule has 0 aliphatic heterocycles. The summed E-state index contributed by atoms with van der Waals surface area (Å²) >= 11 is 3.36. The van der Waals surface area contributed by atoms with Crippen LogP contribution in [0.25, 0.3) is 16.7 Å². The van der Waals surface area contributed by atoms with Crippen LogP contribution in [0.15, 0.2) is 69.0 Å². The molecule has 1 amide bonds. The van der Waals surface area contributed by atoms with Crippen LogP contribution in [0.1, 0.15) is 35.8 Å². The van der Waals surface area contributed by atoms with E-state index in [1.165, 1.54) is 10.5 Å². The summed E-state index contributed by atoms with van der Waals surface area (Å²) in [5, 5.41) is 10.0. The van der Waals surface area contributed by atoms with E-state index in [0.29, 0.717) is 21.3 Å². The number of carbonyl (C=O) groups excluding carboxylic acids is 1. The van der Waals surface area contributed by atoms with Crippen LogP contribution in [0.5, 0.6) is 0 Å². The lowest BCUT2D eigenvalue weighted by Gasteiger charge is -2.16. The zero-order valence-electron chi connectivity index (χ0n) is 16.2. The number of nitriles is 1. The van der Waals surface area contributed by atoms with Crippen molar-refractivity contribution in [2.45, 2.75) is 19.9 Å². The van der Waals surface area contributed by atoms with Gasteiger partial charge in [-0.3, -0.25) is 14.0 Å². The molecule has 30 heavy (non-hydrogen) atoms. The van der Waals surface area contributed by atoms with Crippen LogP contribution in [0.2, 0.25) is 0 Å². The van der Waals surface area contributed by atoms with E-state index in [-0.39, 0.29) is 28.0 Å². The van der Waals surface area contributed by atoms with Crippen molar-refractivity contribution in [2.75, 3.05) is 0 Å². The molecule has 8 heteroatoms. The minimum absolute atomic E-state index is 0.131. The van der Waals surface area contributed by atoms with Crippen LogP contribution < -0.4 is 11.0 Å². The van der Waals surface area contributed by atoms with Gasteiger partial charge in [-0.2, -0.15) is 10.3 Å². The number of benzene rings is 1. The average molecular weight is 462 g/mol. The van der Waals surface area contributed by atoms with Gasteiger partial charge in [0.05, 0.1) is 16.5 Å². The highest BCUT2D eigenvalue weighted by molar-refractivity contribution is 9.10. The van der Waals surface area contributed by atoms with E-state index in [1.54, 1.807) is 53.2 Å². The third-order valence-corrected chi connectivity index (χ3v) is 5.37. The van der Waals surface area contributed by atoms with Crippen molar-refractivity contribution in [1.29, 1.82) is 5.26 Å². The van der Waals surface area contributed by atoms with Crippen molar-refractivity contribution in [2.24, 2.45) is 4.99 Å². The van der Waals surface area contributed by atoms with Crippen molar-refractivity contribution in [3.8, 4) is 6.07 Å². The number of hydrogen-bond donors (Lipinski definition) is 0. The molecule has 0 aliphatic rings. The van der Waals surface area contributed by atoms with Crippen LogP contribution in [0, 0.1) is 11.3 Å². The quantitative estimate of drug-likeness (QED) is 0.426. The third-order valence-electron chi connectivity index (χ3n) is 4.68. The maximum Gasteiger partial charge on any atom is 0.280 e. The fraction of sp³-hybridized carbons (Fsp3) is 0.136. The van der Waals surface area contributed by atoms with Gasteiger partial charge in [-0.15, -0.1) is 0 Å². The molecule has 0 spiro atoms. The zero-order chi connectivity index (χ0) is 21.4. The van der Waals surface area contributed by atoms with Gasteiger partial charge in [0.15, 0.2) is 5.49 Å². The number of halogens is 1. The van der Waals surface area contributed by atoms with Crippen molar-refractivity contribution < 1.29 is 4.79 Å². The highest BCUT2D eigenvalue weighted by Crippen LogP contribution is 2.18. The first kappa shape index (κ1) is 19.7. The highest BCUT2D eigenvalue weighted by Gasteiger charge is 2.17. The molecule has 1 aromatic carbocycles. The summed E-state index contributed by atoms with van der Waals surface area (Å²) in [5.74, 6) is -0.495. The Bertz CT molecular complexity index is 1490.